The van der Waals surface area contributed by atoms with Gasteiger partial charge in [0.15, 0.2) is 5.69 Å². The van der Waals surface area contributed by atoms with E-state index >= 15 is 0 Å². The van der Waals surface area contributed by atoms with Crippen LogP contribution in [0.2, 0.25) is 0 Å². The van der Waals surface area contributed by atoms with Crippen molar-refractivity contribution < 1.29 is 18.7 Å². The van der Waals surface area contributed by atoms with Gasteiger partial charge < -0.3 is 10.4 Å². The van der Waals surface area contributed by atoms with Crippen molar-refractivity contribution in [2.24, 2.45) is 0 Å². The zero-order chi connectivity index (χ0) is 18.5. The Morgan fingerprint density at radius 1 is 1.23 bits per heavy atom. The standard InChI is InChI=1S/C15H14F2N6O2S/c16-13(17)11(24)8-23-7-10(19-22-23)14(25)18-6-12-20-21-15(26-12)9-4-2-1-3-5-9/h1-5,7,11,13,24H,6,8H2,(H,18,25). The van der Waals surface area contributed by atoms with Gasteiger partial charge in [0.2, 0.25) is 0 Å². The highest BCUT2D eigenvalue weighted by Gasteiger charge is 2.19. The number of rotatable bonds is 7. The van der Waals surface area contributed by atoms with E-state index < -0.39 is 25.0 Å². The van der Waals surface area contributed by atoms with E-state index in [2.05, 4.69) is 25.8 Å². The third kappa shape index (κ3) is 4.43. The van der Waals surface area contributed by atoms with Crippen molar-refractivity contribution in [1.82, 2.24) is 30.5 Å². The Kier molecular flexibility index (Phi) is 5.58. The van der Waals surface area contributed by atoms with Gasteiger partial charge >= 0.3 is 0 Å². The van der Waals surface area contributed by atoms with E-state index in [0.29, 0.717) is 5.01 Å². The van der Waals surface area contributed by atoms with Gasteiger partial charge in [-0.05, 0) is 0 Å². The SMILES string of the molecule is O=C(NCc1nnc(-c2ccccc2)s1)c1cn(CC(O)C(F)F)nn1. The Morgan fingerprint density at radius 2 is 2.00 bits per heavy atom. The fourth-order valence-electron chi connectivity index (χ4n) is 2.03. The maximum absolute atomic E-state index is 12.3. The lowest BCUT2D eigenvalue weighted by atomic mass is 10.2. The molecule has 0 fully saturated rings. The molecule has 0 saturated carbocycles. The number of aliphatic hydroxyl groups excluding tert-OH is 1. The quantitative estimate of drug-likeness (QED) is 0.641. The summed E-state index contributed by atoms with van der Waals surface area (Å²) >= 11 is 1.35. The molecule has 2 aromatic heterocycles. The molecule has 0 spiro atoms. The van der Waals surface area contributed by atoms with Crippen molar-refractivity contribution in [3.63, 3.8) is 0 Å². The summed E-state index contributed by atoms with van der Waals surface area (Å²) in [6.07, 6.45) is -3.57. The van der Waals surface area contributed by atoms with Crippen LogP contribution in [0.5, 0.6) is 0 Å². The fraction of sp³-hybridized carbons (Fsp3) is 0.267. The van der Waals surface area contributed by atoms with Crippen LogP contribution in [0.25, 0.3) is 10.6 Å². The second kappa shape index (κ2) is 8.06. The zero-order valence-corrected chi connectivity index (χ0v) is 14.1. The van der Waals surface area contributed by atoms with Crippen molar-refractivity contribution in [3.8, 4) is 10.6 Å². The van der Waals surface area contributed by atoms with Gasteiger partial charge in [0, 0.05) is 5.56 Å². The van der Waals surface area contributed by atoms with Crippen molar-refractivity contribution in [1.29, 1.82) is 0 Å². The monoisotopic (exact) mass is 380 g/mol. The van der Waals surface area contributed by atoms with E-state index in [4.69, 9.17) is 5.11 Å². The lowest BCUT2D eigenvalue weighted by Gasteiger charge is -2.07. The Morgan fingerprint density at radius 3 is 2.73 bits per heavy atom. The van der Waals surface area contributed by atoms with E-state index in [0.717, 1.165) is 15.3 Å². The number of nitrogens with zero attached hydrogens (tertiary/aromatic N) is 5. The van der Waals surface area contributed by atoms with Crippen LogP contribution in [0.3, 0.4) is 0 Å². The number of halogens is 2. The summed E-state index contributed by atoms with van der Waals surface area (Å²) in [6.45, 7) is -0.301. The number of amides is 1. The number of hydrogen-bond acceptors (Lipinski definition) is 7. The summed E-state index contributed by atoms with van der Waals surface area (Å²) in [4.78, 5) is 12.0. The molecule has 3 aromatic rings. The molecule has 11 heteroatoms. The van der Waals surface area contributed by atoms with Crippen LogP contribution < -0.4 is 5.32 Å². The molecule has 0 aliphatic carbocycles. The predicted octanol–water partition coefficient (Wildman–Crippen LogP) is 1.35. The smallest absolute Gasteiger partial charge is 0.273 e. The van der Waals surface area contributed by atoms with Crippen LogP contribution >= 0.6 is 11.3 Å². The molecule has 1 atom stereocenters. The Hall–Kier alpha value is -2.79. The summed E-state index contributed by atoms with van der Waals surface area (Å²) in [5.41, 5.74) is 0.891. The Bertz CT molecular complexity index is 870. The molecule has 1 unspecified atom stereocenters. The third-order valence-electron chi connectivity index (χ3n) is 3.32. The number of hydrogen-bond donors (Lipinski definition) is 2. The average Bonchev–Trinajstić information content (AvgIpc) is 3.30. The number of nitrogens with one attached hydrogen (secondary N) is 1. The fourth-order valence-corrected chi connectivity index (χ4v) is 2.82. The van der Waals surface area contributed by atoms with Gasteiger partial charge in [-0.2, -0.15) is 0 Å². The molecule has 0 radical (unpaired) electrons. The van der Waals surface area contributed by atoms with E-state index in [-0.39, 0.29) is 12.2 Å². The van der Waals surface area contributed by atoms with Gasteiger partial charge in [0.25, 0.3) is 12.3 Å². The molecule has 3 rings (SSSR count). The number of carbonyl (C=O) groups is 1. The first-order valence-corrected chi connectivity index (χ1v) is 8.37. The molecule has 2 heterocycles. The van der Waals surface area contributed by atoms with Crippen LogP contribution in [-0.4, -0.2) is 48.7 Å². The minimum absolute atomic E-state index is 0.0423. The highest BCUT2D eigenvalue weighted by molar-refractivity contribution is 7.14. The molecule has 0 saturated heterocycles. The van der Waals surface area contributed by atoms with Gasteiger partial charge in [-0.3, -0.25) is 4.79 Å². The van der Waals surface area contributed by atoms with Gasteiger partial charge in [-0.15, -0.1) is 15.3 Å². The third-order valence-corrected chi connectivity index (χ3v) is 4.30. The number of carbonyl (C=O) groups excluding carboxylic acids is 1. The first kappa shape index (κ1) is 18.0. The van der Waals surface area contributed by atoms with Gasteiger partial charge in [-0.1, -0.05) is 46.9 Å². The van der Waals surface area contributed by atoms with E-state index in [9.17, 15) is 13.6 Å². The summed E-state index contributed by atoms with van der Waals surface area (Å²) in [5.74, 6) is -0.528. The molecule has 0 aliphatic rings. The summed E-state index contributed by atoms with van der Waals surface area (Å²) in [6, 6.07) is 9.52. The molecular formula is C15H14F2N6O2S. The van der Waals surface area contributed by atoms with Crippen LogP contribution in [-0.2, 0) is 13.1 Å². The lowest BCUT2D eigenvalue weighted by molar-refractivity contribution is -0.0156. The maximum atomic E-state index is 12.3. The molecular weight excluding hydrogens is 366 g/mol. The van der Waals surface area contributed by atoms with Gasteiger partial charge in [0.05, 0.1) is 19.3 Å². The van der Waals surface area contributed by atoms with Gasteiger partial charge in [0.1, 0.15) is 16.1 Å². The molecule has 26 heavy (non-hydrogen) atoms. The van der Waals surface area contributed by atoms with Crippen molar-refractivity contribution in [2.75, 3.05) is 0 Å². The van der Waals surface area contributed by atoms with E-state index in [1.165, 1.54) is 17.5 Å². The minimum atomic E-state index is -2.90. The molecule has 2 N–H and O–H groups in total. The molecule has 0 aliphatic heterocycles. The number of benzene rings is 1. The topological polar surface area (TPSA) is 106 Å². The normalized spacial score (nSPS) is 12.3. The minimum Gasteiger partial charge on any atom is -0.385 e. The van der Waals surface area contributed by atoms with Crippen LogP contribution in [0, 0.1) is 0 Å². The summed E-state index contributed by atoms with van der Waals surface area (Å²) in [7, 11) is 0. The zero-order valence-electron chi connectivity index (χ0n) is 13.3. The first-order valence-electron chi connectivity index (χ1n) is 7.55. The lowest BCUT2D eigenvalue weighted by Crippen LogP contribution is -2.24. The first-order chi connectivity index (χ1) is 12.5. The highest BCUT2D eigenvalue weighted by Crippen LogP contribution is 2.22. The second-order valence-electron chi connectivity index (χ2n) is 5.28. The van der Waals surface area contributed by atoms with Crippen LogP contribution in [0.1, 0.15) is 15.5 Å². The highest BCUT2D eigenvalue weighted by atomic mass is 32.1. The number of aliphatic hydroxyl groups is 1. The molecule has 1 aromatic carbocycles. The summed E-state index contributed by atoms with van der Waals surface area (Å²) in [5, 5.41) is 28.3. The van der Waals surface area contributed by atoms with Crippen LogP contribution in [0.15, 0.2) is 36.5 Å². The van der Waals surface area contributed by atoms with Crippen molar-refractivity contribution in [2.45, 2.75) is 25.6 Å². The van der Waals surface area contributed by atoms with Crippen molar-refractivity contribution >= 4 is 17.2 Å². The van der Waals surface area contributed by atoms with Crippen molar-refractivity contribution in [3.05, 3.63) is 47.2 Å². The molecule has 136 valence electrons. The number of alkyl halides is 2. The maximum Gasteiger partial charge on any atom is 0.273 e. The Balaban J connectivity index is 1.56. The average molecular weight is 380 g/mol. The van der Waals surface area contributed by atoms with E-state index in [1.54, 1.807) is 0 Å². The summed E-state index contributed by atoms with van der Waals surface area (Å²) < 4.78 is 25.6. The number of aromatic nitrogens is 5. The largest absolute Gasteiger partial charge is 0.385 e. The second-order valence-corrected chi connectivity index (χ2v) is 6.34. The van der Waals surface area contributed by atoms with Crippen LogP contribution in [0.4, 0.5) is 8.78 Å². The molecule has 0 bridgehead atoms. The predicted molar refractivity (Wildman–Crippen MR) is 88.5 cm³/mol. The molecule has 1 amide bonds. The Labute approximate surface area is 150 Å². The van der Waals surface area contributed by atoms with E-state index in [1.807, 2.05) is 30.3 Å². The van der Waals surface area contributed by atoms with Gasteiger partial charge in [-0.25, -0.2) is 13.5 Å². The molecule has 8 nitrogen and oxygen atoms in total.